The molecule has 7 nitrogen and oxygen atoms in total. The Labute approximate surface area is 144 Å². The summed E-state index contributed by atoms with van der Waals surface area (Å²) in [5.74, 6) is -1.09. The average molecular weight is 351 g/mol. The summed E-state index contributed by atoms with van der Waals surface area (Å²) in [4.78, 5) is 26.1. The molecule has 0 aliphatic carbocycles. The van der Waals surface area contributed by atoms with Crippen LogP contribution in [0.2, 0.25) is 0 Å². The first kappa shape index (κ1) is 16.8. The van der Waals surface area contributed by atoms with Gasteiger partial charge >= 0.3 is 0 Å². The molecule has 1 aromatic heterocycles. The quantitative estimate of drug-likeness (QED) is 0.859. The van der Waals surface area contributed by atoms with E-state index in [2.05, 4.69) is 0 Å². The summed E-state index contributed by atoms with van der Waals surface area (Å²) in [6, 6.07) is 0. The minimum atomic E-state index is -0.649. The highest BCUT2D eigenvalue weighted by molar-refractivity contribution is 7.17. The third-order valence-electron chi connectivity index (χ3n) is 4.05. The number of nitrogens with zero attached hydrogens (tertiary/aromatic N) is 1. The van der Waals surface area contributed by atoms with Crippen LogP contribution in [0.3, 0.4) is 0 Å². The van der Waals surface area contributed by atoms with Crippen LogP contribution >= 0.6 is 11.3 Å². The number of rotatable bonds is 3. The molecular weight excluding hydrogens is 330 g/mol. The molecule has 0 radical (unpaired) electrons. The van der Waals surface area contributed by atoms with Gasteiger partial charge in [0, 0.05) is 11.3 Å². The third kappa shape index (κ3) is 2.65. The number of carbonyl (C=O) groups excluding carboxylic acids is 2. The molecule has 0 unspecified atom stereocenters. The lowest BCUT2D eigenvalue weighted by Gasteiger charge is -2.41. The van der Waals surface area contributed by atoms with E-state index in [0.717, 1.165) is 10.4 Å². The number of thiophene rings is 1. The Morgan fingerprint density at radius 3 is 2.42 bits per heavy atom. The molecule has 4 N–H and O–H groups in total. The van der Waals surface area contributed by atoms with E-state index in [1.807, 2.05) is 27.7 Å². The van der Waals surface area contributed by atoms with E-state index in [9.17, 15) is 9.59 Å². The van der Waals surface area contributed by atoms with Crippen LogP contribution in [0.5, 0.6) is 0 Å². The molecule has 24 heavy (non-hydrogen) atoms. The first-order valence-electron chi connectivity index (χ1n) is 7.59. The maximum Gasteiger partial charge on any atom is 0.285 e. The number of carbonyl (C=O) groups is 2. The highest BCUT2D eigenvalue weighted by Crippen LogP contribution is 2.49. The Morgan fingerprint density at radius 1 is 1.21 bits per heavy atom. The standard InChI is InChI=1S/C16H21N3O4S/c1-15(2)5-8-10(13(18)21)14(24-11(8)16(3,4)23-15)19-6-9(12(17)20)22-7-19/h6H,5,7H2,1-4H3,(H2,17,20)(H2,18,21). The van der Waals surface area contributed by atoms with Crippen molar-refractivity contribution in [3.63, 3.8) is 0 Å². The lowest BCUT2D eigenvalue weighted by Crippen LogP contribution is -2.42. The summed E-state index contributed by atoms with van der Waals surface area (Å²) in [7, 11) is 0. The molecule has 0 saturated carbocycles. The second-order valence-corrected chi connectivity index (χ2v) is 8.10. The number of hydrogen-bond acceptors (Lipinski definition) is 6. The Balaban J connectivity index is 2.15. The molecule has 0 fully saturated rings. The van der Waals surface area contributed by atoms with Crippen molar-refractivity contribution in [2.24, 2.45) is 11.5 Å². The number of hydrogen-bond donors (Lipinski definition) is 2. The monoisotopic (exact) mass is 351 g/mol. The van der Waals surface area contributed by atoms with Gasteiger partial charge in [-0.2, -0.15) is 0 Å². The van der Waals surface area contributed by atoms with Gasteiger partial charge in [-0.15, -0.1) is 11.3 Å². The molecule has 1 aromatic rings. The van der Waals surface area contributed by atoms with E-state index >= 15 is 0 Å². The van der Waals surface area contributed by atoms with Crippen molar-refractivity contribution in [1.82, 2.24) is 0 Å². The molecule has 130 valence electrons. The zero-order valence-corrected chi connectivity index (χ0v) is 15.0. The summed E-state index contributed by atoms with van der Waals surface area (Å²) >= 11 is 1.43. The number of primary amides is 2. The second kappa shape index (κ2) is 5.22. The largest absolute Gasteiger partial charge is 0.465 e. The molecule has 0 spiro atoms. The van der Waals surface area contributed by atoms with Crippen LogP contribution in [0.15, 0.2) is 12.0 Å². The van der Waals surface area contributed by atoms with Crippen molar-refractivity contribution < 1.29 is 19.1 Å². The molecule has 2 aliphatic heterocycles. The fourth-order valence-corrected chi connectivity index (χ4v) is 4.70. The second-order valence-electron chi connectivity index (χ2n) is 7.10. The van der Waals surface area contributed by atoms with Gasteiger partial charge in [0.15, 0.2) is 6.73 Å². The highest BCUT2D eigenvalue weighted by Gasteiger charge is 2.43. The third-order valence-corrected chi connectivity index (χ3v) is 5.63. The van der Waals surface area contributed by atoms with Crippen molar-refractivity contribution in [3.05, 3.63) is 28.0 Å². The number of anilines is 1. The van der Waals surface area contributed by atoms with Crippen LogP contribution in [-0.4, -0.2) is 24.1 Å². The van der Waals surface area contributed by atoms with Crippen molar-refractivity contribution in [1.29, 1.82) is 0 Å². The number of ether oxygens (including phenoxy) is 2. The van der Waals surface area contributed by atoms with Gasteiger partial charge in [0.05, 0.1) is 23.0 Å². The van der Waals surface area contributed by atoms with E-state index in [4.69, 9.17) is 20.9 Å². The Kier molecular flexibility index (Phi) is 3.65. The van der Waals surface area contributed by atoms with Crippen LogP contribution in [0, 0.1) is 0 Å². The van der Waals surface area contributed by atoms with Crippen molar-refractivity contribution >= 4 is 28.2 Å². The summed E-state index contributed by atoms with van der Waals surface area (Å²) in [6.07, 6.45) is 2.09. The Bertz CT molecular complexity index is 764. The fraction of sp³-hybridized carbons (Fsp3) is 0.500. The maximum absolute atomic E-state index is 12.2. The normalized spacial score (nSPS) is 21.0. The van der Waals surface area contributed by atoms with Crippen LogP contribution in [0.1, 0.15) is 48.5 Å². The van der Waals surface area contributed by atoms with Crippen molar-refractivity contribution in [2.45, 2.75) is 45.3 Å². The Morgan fingerprint density at radius 2 is 1.88 bits per heavy atom. The molecule has 8 heteroatoms. The van der Waals surface area contributed by atoms with E-state index in [1.165, 1.54) is 17.5 Å². The van der Waals surface area contributed by atoms with Crippen LogP contribution < -0.4 is 16.4 Å². The molecule has 3 heterocycles. The van der Waals surface area contributed by atoms with Gasteiger partial charge in [-0.05, 0) is 33.3 Å². The first-order valence-corrected chi connectivity index (χ1v) is 8.41. The van der Waals surface area contributed by atoms with Gasteiger partial charge < -0.3 is 25.8 Å². The zero-order chi connectivity index (χ0) is 17.9. The molecule has 0 bridgehead atoms. The summed E-state index contributed by atoms with van der Waals surface area (Å²) in [6.45, 7) is 8.04. The van der Waals surface area contributed by atoms with Gasteiger partial charge in [-0.1, -0.05) is 0 Å². The van der Waals surface area contributed by atoms with Gasteiger partial charge in [0.2, 0.25) is 5.76 Å². The average Bonchev–Trinajstić information content (AvgIpc) is 2.99. The fourth-order valence-electron chi connectivity index (χ4n) is 3.37. The predicted octanol–water partition coefficient (Wildman–Crippen LogP) is 1.55. The highest BCUT2D eigenvalue weighted by atomic mass is 32.1. The topological polar surface area (TPSA) is 108 Å². The van der Waals surface area contributed by atoms with Gasteiger partial charge in [0.25, 0.3) is 11.8 Å². The van der Waals surface area contributed by atoms with E-state index in [0.29, 0.717) is 17.0 Å². The molecule has 3 rings (SSSR count). The number of amides is 2. The Hall–Kier alpha value is -2.06. The van der Waals surface area contributed by atoms with E-state index in [-0.39, 0.29) is 12.5 Å². The lowest BCUT2D eigenvalue weighted by molar-refractivity contribution is -0.135. The van der Waals surface area contributed by atoms with Crippen molar-refractivity contribution in [2.75, 3.05) is 11.6 Å². The molecule has 0 saturated heterocycles. The van der Waals surface area contributed by atoms with Crippen LogP contribution in [0.4, 0.5) is 5.00 Å². The zero-order valence-electron chi connectivity index (χ0n) is 14.1. The van der Waals surface area contributed by atoms with Gasteiger partial charge in [0.1, 0.15) is 5.00 Å². The summed E-state index contributed by atoms with van der Waals surface area (Å²) < 4.78 is 11.5. The van der Waals surface area contributed by atoms with Crippen LogP contribution in [0.25, 0.3) is 0 Å². The maximum atomic E-state index is 12.2. The minimum Gasteiger partial charge on any atom is -0.465 e. The predicted molar refractivity (Wildman–Crippen MR) is 90.4 cm³/mol. The number of fused-ring (bicyclic) bond motifs is 1. The minimum absolute atomic E-state index is 0.0626. The molecule has 0 aromatic carbocycles. The van der Waals surface area contributed by atoms with E-state index < -0.39 is 23.0 Å². The molecule has 0 atom stereocenters. The smallest absolute Gasteiger partial charge is 0.285 e. The van der Waals surface area contributed by atoms with Crippen molar-refractivity contribution in [3.8, 4) is 0 Å². The lowest BCUT2D eigenvalue weighted by atomic mass is 9.86. The van der Waals surface area contributed by atoms with Gasteiger partial charge in [-0.25, -0.2) is 0 Å². The number of nitrogens with two attached hydrogens (primary N) is 2. The SMILES string of the molecule is CC1(C)Cc2c(sc(N3C=C(C(N)=O)OC3)c2C(N)=O)C(C)(C)O1. The molecular formula is C16H21N3O4S. The first-order chi connectivity index (χ1) is 11.0. The summed E-state index contributed by atoms with van der Waals surface area (Å²) in [5, 5.41) is 0.651. The van der Waals surface area contributed by atoms with Gasteiger partial charge in [-0.3, -0.25) is 9.59 Å². The molecule has 2 aliphatic rings. The summed E-state index contributed by atoms with van der Waals surface area (Å²) in [5.41, 5.74) is 11.3. The van der Waals surface area contributed by atoms with E-state index in [1.54, 1.807) is 4.90 Å². The van der Waals surface area contributed by atoms with Crippen LogP contribution in [-0.2, 0) is 26.3 Å². The molecule has 2 amide bonds.